The minimum absolute atomic E-state index is 0.0421. The summed E-state index contributed by atoms with van der Waals surface area (Å²) in [5, 5.41) is 3.18. The number of fused-ring (bicyclic) bond motifs is 1. The molecular formula is C23H28N4O. The number of likely N-dealkylation sites (tertiary alicyclic amines) is 1. The first-order valence-electron chi connectivity index (χ1n) is 10.1. The number of benzene rings is 1. The Hall–Kier alpha value is -2.66. The van der Waals surface area contributed by atoms with Crippen molar-refractivity contribution in [2.75, 3.05) is 19.6 Å². The number of piperidine rings is 1. The van der Waals surface area contributed by atoms with E-state index in [4.69, 9.17) is 0 Å². The fourth-order valence-electron chi connectivity index (χ4n) is 4.08. The summed E-state index contributed by atoms with van der Waals surface area (Å²) in [6.45, 7) is 7.26. The highest BCUT2D eigenvalue weighted by Crippen LogP contribution is 2.28. The molecule has 3 heterocycles. The number of nitrogens with one attached hydrogen (secondary N) is 1. The van der Waals surface area contributed by atoms with Crippen molar-refractivity contribution in [2.45, 2.75) is 32.7 Å². The predicted molar refractivity (Wildman–Crippen MR) is 111 cm³/mol. The zero-order valence-corrected chi connectivity index (χ0v) is 16.6. The Morgan fingerprint density at radius 3 is 2.79 bits per heavy atom. The molecule has 1 N–H and O–H groups in total. The van der Waals surface area contributed by atoms with Crippen molar-refractivity contribution >= 4 is 11.6 Å². The van der Waals surface area contributed by atoms with Gasteiger partial charge in [-0.25, -0.2) is 4.98 Å². The minimum Gasteiger partial charge on any atom is -0.350 e. The average Bonchev–Trinajstić information content (AvgIpc) is 3.18. The van der Waals surface area contributed by atoms with Gasteiger partial charge in [-0.15, -0.1) is 0 Å². The predicted octanol–water partition coefficient (Wildman–Crippen LogP) is 3.85. The molecule has 28 heavy (non-hydrogen) atoms. The van der Waals surface area contributed by atoms with Gasteiger partial charge in [0.25, 0.3) is 5.91 Å². The van der Waals surface area contributed by atoms with Gasteiger partial charge in [-0.2, -0.15) is 0 Å². The van der Waals surface area contributed by atoms with Crippen molar-refractivity contribution in [2.24, 2.45) is 5.92 Å². The van der Waals surface area contributed by atoms with E-state index in [9.17, 15) is 4.79 Å². The molecule has 0 saturated carbocycles. The zero-order chi connectivity index (χ0) is 19.5. The largest absolute Gasteiger partial charge is 0.350 e. The summed E-state index contributed by atoms with van der Waals surface area (Å²) in [6, 6.07) is 12.4. The van der Waals surface area contributed by atoms with Crippen LogP contribution in [0.3, 0.4) is 0 Å². The fourth-order valence-corrected chi connectivity index (χ4v) is 4.08. The van der Waals surface area contributed by atoms with E-state index in [-0.39, 0.29) is 11.9 Å². The minimum atomic E-state index is -0.0421. The Labute approximate surface area is 166 Å². The molecule has 1 aliphatic heterocycles. The lowest BCUT2D eigenvalue weighted by molar-refractivity contribution is 0.0912. The Morgan fingerprint density at radius 1 is 1.21 bits per heavy atom. The molecule has 1 saturated heterocycles. The fraction of sp³-hybridized carbons (Fsp3) is 0.391. The lowest BCUT2D eigenvalue weighted by Crippen LogP contribution is -2.42. The molecule has 1 amide bonds. The van der Waals surface area contributed by atoms with E-state index in [1.807, 2.05) is 28.9 Å². The van der Waals surface area contributed by atoms with Crippen molar-refractivity contribution in [3.63, 3.8) is 0 Å². The number of rotatable bonds is 5. The highest BCUT2D eigenvalue weighted by atomic mass is 16.1. The Bertz CT molecular complexity index is 956. The number of aryl methyl sites for hydroxylation is 1. The molecule has 5 nitrogen and oxygen atoms in total. The maximum atomic E-state index is 12.8. The lowest BCUT2D eigenvalue weighted by Gasteiger charge is -2.37. The summed E-state index contributed by atoms with van der Waals surface area (Å²) in [4.78, 5) is 19.6. The van der Waals surface area contributed by atoms with E-state index < -0.39 is 0 Å². The van der Waals surface area contributed by atoms with Crippen LogP contribution in [0.1, 0.15) is 47.3 Å². The Morgan fingerprint density at radius 2 is 2.00 bits per heavy atom. The summed E-state index contributed by atoms with van der Waals surface area (Å²) < 4.78 is 1.87. The van der Waals surface area contributed by atoms with Crippen LogP contribution < -0.4 is 5.32 Å². The quantitative estimate of drug-likeness (QED) is 0.736. The number of amides is 1. The number of nitrogens with zero attached hydrogens (tertiary/aromatic N) is 3. The van der Waals surface area contributed by atoms with Gasteiger partial charge in [-0.05, 0) is 62.0 Å². The molecule has 4 rings (SSSR count). The normalized spacial score (nSPS) is 16.9. The molecule has 0 spiro atoms. The summed E-state index contributed by atoms with van der Waals surface area (Å²) >= 11 is 0. The molecule has 1 fully saturated rings. The topological polar surface area (TPSA) is 49.6 Å². The number of pyridine rings is 1. The second-order valence-electron chi connectivity index (χ2n) is 7.91. The number of hydrogen-bond donors (Lipinski definition) is 1. The molecule has 1 aromatic carbocycles. The molecule has 2 aromatic heterocycles. The first-order chi connectivity index (χ1) is 13.6. The van der Waals surface area contributed by atoms with Crippen LogP contribution in [0, 0.1) is 12.8 Å². The standard InChI is InChI=1S/C23H28N4O/c1-17-9-12-26(13-10-17)21(20-6-4-3-5-18(20)2)15-25-23(28)19-7-8-22-24-11-14-27(22)16-19/h3-8,11,14,16-17,21H,9-10,12-13,15H2,1-2H3,(H,25,28). The number of hydrogen-bond acceptors (Lipinski definition) is 3. The molecule has 1 aliphatic rings. The molecule has 0 radical (unpaired) electrons. The first kappa shape index (κ1) is 18.7. The van der Waals surface area contributed by atoms with Gasteiger partial charge in [0, 0.05) is 25.1 Å². The van der Waals surface area contributed by atoms with Crippen LogP contribution in [0.15, 0.2) is 55.0 Å². The molecular weight excluding hydrogens is 348 g/mol. The highest BCUT2D eigenvalue weighted by Gasteiger charge is 2.26. The van der Waals surface area contributed by atoms with E-state index in [0.29, 0.717) is 12.1 Å². The lowest BCUT2D eigenvalue weighted by atomic mass is 9.94. The number of carbonyl (C=O) groups is 1. The van der Waals surface area contributed by atoms with Crippen molar-refractivity contribution in [3.05, 3.63) is 71.7 Å². The van der Waals surface area contributed by atoms with Crippen molar-refractivity contribution in [1.82, 2.24) is 19.6 Å². The third-order valence-corrected chi connectivity index (χ3v) is 5.91. The first-order valence-corrected chi connectivity index (χ1v) is 10.1. The van der Waals surface area contributed by atoms with Crippen LogP contribution in [0.5, 0.6) is 0 Å². The number of carbonyl (C=O) groups excluding carboxylic acids is 1. The number of imidazole rings is 1. The van der Waals surface area contributed by atoms with Gasteiger partial charge in [-0.1, -0.05) is 31.2 Å². The van der Waals surface area contributed by atoms with E-state index in [0.717, 1.165) is 24.7 Å². The molecule has 5 heteroatoms. The third kappa shape index (κ3) is 3.94. The maximum absolute atomic E-state index is 12.8. The van der Waals surface area contributed by atoms with Crippen molar-refractivity contribution in [1.29, 1.82) is 0 Å². The molecule has 146 valence electrons. The maximum Gasteiger partial charge on any atom is 0.252 e. The van der Waals surface area contributed by atoms with Crippen molar-refractivity contribution < 1.29 is 4.79 Å². The number of aromatic nitrogens is 2. The van der Waals surface area contributed by atoms with Crippen molar-refractivity contribution in [3.8, 4) is 0 Å². The molecule has 0 bridgehead atoms. The van der Waals surface area contributed by atoms with Gasteiger partial charge >= 0.3 is 0 Å². The van der Waals surface area contributed by atoms with Gasteiger partial charge in [-0.3, -0.25) is 9.69 Å². The van der Waals surface area contributed by atoms with Crippen LogP contribution in [0.4, 0.5) is 0 Å². The van der Waals surface area contributed by atoms with E-state index in [2.05, 4.69) is 53.3 Å². The average molecular weight is 377 g/mol. The Kier molecular flexibility index (Phi) is 5.44. The zero-order valence-electron chi connectivity index (χ0n) is 16.6. The van der Waals surface area contributed by atoms with E-state index in [1.165, 1.54) is 24.0 Å². The van der Waals surface area contributed by atoms with Crippen LogP contribution in [0.2, 0.25) is 0 Å². The molecule has 1 unspecified atom stereocenters. The van der Waals surface area contributed by atoms with Gasteiger partial charge < -0.3 is 9.72 Å². The van der Waals surface area contributed by atoms with Crippen LogP contribution in [-0.2, 0) is 0 Å². The van der Waals surface area contributed by atoms with Gasteiger partial charge in [0.15, 0.2) is 0 Å². The smallest absolute Gasteiger partial charge is 0.252 e. The summed E-state index contributed by atoms with van der Waals surface area (Å²) in [7, 11) is 0. The third-order valence-electron chi connectivity index (χ3n) is 5.91. The van der Waals surface area contributed by atoms with Gasteiger partial charge in [0.1, 0.15) is 5.65 Å². The van der Waals surface area contributed by atoms with Crippen LogP contribution >= 0.6 is 0 Å². The Balaban J connectivity index is 1.51. The molecule has 3 aromatic rings. The second-order valence-corrected chi connectivity index (χ2v) is 7.91. The molecule has 0 aliphatic carbocycles. The van der Waals surface area contributed by atoms with E-state index >= 15 is 0 Å². The van der Waals surface area contributed by atoms with Gasteiger partial charge in [0.2, 0.25) is 0 Å². The molecule has 1 atom stereocenters. The summed E-state index contributed by atoms with van der Waals surface area (Å²) in [5.74, 6) is 0.741. The monoisotopic (exact) mass is 376 g/mol. The second kappa shape index (κ2) is 8.15. The highest BCUT2D eigenvalue weighted by molar-refractivity contribution is 5.94. The van der Waals surface area contributed by atoms with Crippen LogP contribution in [-0.4, -0.2) is 39.8 Å². The van der Waals surface area contributed by atoms with Gasteiger partial charge in [0.05, 0.1) is 11.6 Å². The van der Waals surface area contributed by atoms with E-state index in [1.54, 1.807) is 6.20 Å². The SMILES string of the molecule is Cc1ccccc1C(CNC(=O)c1ccc2nccn2c1)N1CCC(C)CC1. The summed E-state index contributed by atoms with van der Waals surface area (Å²) in [6.07, 6.45) is 7.87. The van der Waals surface area contributed by atoms with Crippen LogP contribution in [0.25, 0.3) is 5.65 Å². The summed E-state index contributed by atoms with van der Waals surface area (Å²) in [5.41, 5.74) is 4.08.